The summed E-state index contributed by atoms with van der Waals surface area (Å²) in [6.07, 6.45) is 6.53. The van der Waals surface area contributed by atoms with Gasteiger partial charge in [0.1, 0.15) is 0 Å². The first-order valence-corrected chi connectivity index (χ1v) is 25.1. The third kappa shape index (κ3) is 11.2. The van der Waals surface area contributed by atoms with E-state index in [2.05, 4.69) is 273 Å². The van der Waals surface area contributed by atoms with Gasteiger partial charge in [-0.2, -0.15) is 0 Å². The van der Waals surface area contributed by atoms with Crippen molar-refractivity contribution >= 4 is 27.8 Å². The van der Waals surface area contributed by atoms with E-state index < -0.39 is 0 Å². The highest BCUT2D eigenvalue weighted by atomic mass is 15.1. The summed E-state index contributed by atoms with van der Waals surface area (Å²) < 4.78 is 0. The lowest BCUT2D eigenvalue weighted by atomic mass is 9.81. The second-order valence-corrected chi connectivity index (χ2v) is 18.6. The van der Waals surface area contributed by atoms with Crippen molar-refractivity contribution in [1.82, 2.24) is 0 Å². The van der Waals surface area contributed by atoms with Crippen LogP contribution in [0.25, 0.3) is 44.2 Å². The molecule has 0 fully saturated rings. The number of hydrogen-bond acceptors (Lipinski definition) is 1. The molecule has 69 heavy (non-hydrogen) atoms. The highest BCUT2D eigenvalue weighted by molar-refractivity contribution is 6.10. The zero-order valence-corrected chi connectivity index (χ0v) is 42.7. The van der Waals surface area contributed by atoms with Gasteiger partial charge in [0.25, 0.3) is 0 Å². The number of rotatable bonds is 9. The van der Waals surface area contributed by atoms with Gasteiger partial charge in [-0.05, 0) is 143 Å². The van der Waals surface area contributed by atoms with Crippen LogP contribution in [0.2, 0.25) is 0 Å². The fourth-order valence-corrected chi connectivity index (χ4v) is 9.56. The first kappa shape index (κ1) is 49.7. The third-order valence-corrected chi connectivity index (χ3v) is 13.6. The zero-order chi connectivity index (χ0) is 48.9. The van der Waals surface area contributed by atoms with E-state index in [1.807, 2.05) is 19.9 Å². The van der Waals surface area contributed by atoms with Gasteiger partial charge in [0, 0.05) is 22.2 Å². The van der Waals surface area contributed by atoms with Crippen molar-refractivity contribution in [2.45, 2.75) is 93.4 Å². The molecular formula is C68H71N. The summed E-state index contributed by atoms with van der Waals surface area (Å²) in [4.78, 5) is 2.45. The Kier molecular flexibility index (Phi) is 16.7. The molecule has 0 saturated heterocycles. The second-order valence-electron chi connectivity index (χ2n) is 18.6. The van der Waals surface area contributed by atoms with E-state index in [0.29, 0.717) is 5.92 Å². The molecule has 1 aliphatic carbocycles. The first-order valence-electron chi connectivity index (χ1n) is 25.1. The maximum atomic E-state index is 2.47. The summed E-state index contributed by atoms with van der Waals surface area (Å²) in [5, 5.41) is 2.57. The molecular weight excluding hydrogens is 831 g/mol. The molecule has 348 valence electrons. The highest BCUT2D eigenvalue weighted by Gasteiger charge is 2.38. The number of aryl methyl sites for hydroxylation is 3. The predicted molar refractivity (Wildman–Crippen MR) is 303 cm³/mol. The molecule has 0 aliphatic heterocycles. The van der Waals surface area contributed by atoms with E-state index >= 15 is 0 Å². The molecule has 10 rings (SSSR count). The van der Waals surface area contributed by atoms with Gasteiger partial charge in [-0.25, -0.2) is 0 Å². The predicted octanol–water partition coefficient (Wildman–Crippen LogP) is 19.9. The Morgan fingerprint density at radius 1 is 0.507 bits per heavy atom. The number of allylic oxidation sites excluding steroid dienone is 2. The van der Waals surface area contributed by atoms with Crippen LogP contribution < -0.4 is 4.90 Å². The fraction of sp³-hybridized carbons (Fsp3) is 0.206. The van der Waals surface area contributed by atoms with Crippen molar-refractivity contribution in [3.05, 3.63) is 257 Å². The van der Waals surface area contributed by atoms with Crippen LogP contribution in [0.1, 0.15) is 99.7 Å². The molecule has 9 aromatic rings. The van der Waals surface area contributed by atoms with Crippen LogP contribution in [-0.2, 0) is 11.8 Å². The molecule has 0 heterocycles. The third-order valence-electron chi connectivity index (χ3n) is 13.6. The molecule has 0 amide bonds. The van der Waals surface area contributed by atoms with Crippen molar-refractivity contribution < 1.29 is 0 Å². The van der Waals surface area contributed by atoms with Gasteiger partial charge in [0.2, 0.25) is 0 Å². The van der Waals surface area contributed by atoms with Gasteiger partial charge in [0.15, 0.2) is 0 Å². The Bertz CT molecular complexity index is 3080. The summed E-state index contributed by atoms with van der Waals surface area (Å²) in [6.45, 7) is 21.9. The molecule has 1 atom stereocenters. The fourth-order valence-electron chi connectivity index (χ4n) is 9.56. The lowest BCUT2D eigenvalue weighted by molar-refractivity contribution is 0.660. The molecule has 1 heteroatoms. The van der Waals surface area contributed by atoms with Crippen LogP contribution in [0.15, 0.2) is 218 Å². The number of hydrogen-bond donors (Lipinski definition) is 0. The Balaban J connectivity index is 0.000000228. The monoisotopic (exact) mass is 902 g/mol. The topological polar surface area (TPSA) is 3.24 Å². The van der Waals surface area contributed by atoms with Gasteiger partial charge in [-0.1, -0.05) is 241 Å². The van der Waals surface area contributed by atoms with Crippen LogP contribution in [0, 0.1) is 20.8 Å². The van der Waals surface area contributed by atoms with Crippen molar-refractivity contribution in [2.75, 3.05) is 4.90 Å². The maximum absolute atomic E-state index is 2.47. The average molecular weight is 902 g/mol. The lowest BCUT2D eigenvalue weighted by Crippen LogP contribution is -2.17. The van der Waals surface area contributed by atoms with Crippen molar-refractivity contribution in [3.63, 3.8) is 0 Å². The maximum Gasteiger partial charge on any atom is 0.0543 e. The Hall–Kier alpha value is -7.22. The number of anilines is 3. The van der Waals surface area contributed by atoms with E-state index in [9.17, 15) is 0 Å². The highest BCUT2D eigenvalue weighted by Crippen LogP contribution is 2.54. The van der Waals surface area contributed by atoms with Gasteiger partial charge < -0.3 is 4.90 Å². The van der Waals surface area contributed by atoms with Crippen LogP contribution in [-0.4, -0.2) is 0 Å². The Morgan fingerprint density at radius 2 is 1.07 bits per heavy atom. The van der Waals surface area contributed by atoms with E-state index in [0.717, 1.165) is 17.8 Å². The molecule has 1 nitrogen and oxygen atoms in total. The molecule has 1 aliphatic rings. The summed E-state index contributed by atoms with van der Waals surface area (Å²) in [5.41, 5.74) is 20.8. The summed E-state index contributed by atoms with van der Waals surface area (Å²) in [7, 11) is 0. The number of para-hydroxylation sites is 1. The number of nitrogens with zero attached hydrogens (tertiary/aromatic N) is 1. The summed E-state index contributed by atoms with van der Waals surface area (Å²) in [5.74, 6) is 0.709. The van der Waals surface area contributed by atoms with Gasteiger partial charge >= 0.3 is 0 Å². The Morgan fingerprint density at radius 3 is 1.72 bits per heavy atom. The van der Waals surface area contributed by atoms with Gasteiger partial charge in [-0.15, -0.1) is 0 Å². The normalized spacial score (nSPS) is 12.3. The molecule has 9 aromatic carbocycles. The molecule has 0 radical (unpaired) electrons. The van der Waals surface area contributed by atoms with E-state index in [-0.39, 0.29) is 5.41 Å². The zero-order valence-electron chi connectivity index (χ0n) is 42.7. The smallest absolute Gasteiger partial charge is 0.0543 e. The summed E-state index contributed by atoms with van der Waals surface area (Å²) in [6, 6.07) is 74.6. The molecule has 0 N–H and O–H groups in total. The largest absolute Gasteiger partial charge is 0.310 e. The van der Waals surface area contributed by atoms with Crippen LogP contribution in [0.3, 0.4) is 0 Å². The van der Waals surface area contributed by atoms with E-state index in [1.54, 1.807) is 0 Å². The average Bonchev–Trinajstić information content (AvgIpc) is 3.62. The van der Waals surface area contributed by atoms with Crippen molar-refractivity contribution in [2.24, 2.45) is 0 Å². The van der Waals surface area contributed by atoms with Crippen molar-refractivity contribution in [1.29, 1.82) is 0 Å². The minimum Gasteiger partial charge on any atom is -0.310 e. The second kappa shape index (κ2) is 23.2. The number of benzene rings is 9. The molecule has 0 bridgehead atoms. The lowest BCUT2D eigenvalue weighted by Gasteiger charge is -2.30. The van der Waals surface area contributed by atoms with E-state index in [1.165, 1.54) is 95.2 Å². The van der Waals surface area contributed by atoms with Gasteiger partial charge in [0.05, 0.1) is 5.69 Å². The first-order chi connectivity index (χ1) is 33.6. The molecule has 0 saturated carbocycles. The van der Waals surface area contributed by atoms with E-state index in [4.69, 9.17) is 0 Å². The van der Waals surface area contributed by atoms with Crippen LogP contribution in [0.5, 0.6) is 0 Å². The Labute approximate surface area is 414 Å². The van der Waals surface area contributed by atoms with Gasteiger partial charge in [-0.3, -0.25) is 0 Å². The minimum absolute atomic E-state index is 0.103. The quantitative estimate of drug-likeness (QED) is 0.131. The molecule has 1 unspecified atom stereocenters. The molecule has 0 aromatic heterocycles. The minimum atomic E-state index is -0.103. The standard InChI is InChI=1S/C43H39N.C13H12.C10H14.C2H6/c1-6-7-15-31-16-11-12-19-35(31)34-25-23-33(27-30(34)3)44(32-17-9-8-10-18-32)41-28-40-42(37-21-14-13-20-36(37)41)38-24-22-29(2)26-39(38)43(40,4)5;1-11-7-9-13(10-8-11)12-5-3-2-4-6-12;1-3-9(2)10-7-5-4-6-8-10;1-2/h6-14,16-28H,15H2,1-5H3;2-10H,1H3;4-9H,3H2,1-2H3;1-2H3/b7-6+;;;. The summed E-state index contributed by atoms with van der Waals surface area (Å²) >= 11 is 0. The van der Waals surface area contributed by atoms with Crippen LogP contribution in [0.4, 0.5) is 17.1 Å². The molecule has 0 spiro atoms. The number of fused-ring (bicyclic) bond motifs is 5. The SMILES string of the molecule is C/C=C/Cc1ccccc1-c1ccc(N(c2ccccc2)c2cc3c(c4ccccc24)-c2ccc(C)cc2C3(C)C)cc1C.CC.CCC(C)c1ccccc1.Cc1ccc(-c2ccccc2)cc1. The van der Waals surface area contributed by atoms with Crippen molar-refractivity contribution in [3.8, 4) is 33.4 Å². The van der Waals surface area contributed by atoms with Crippen LogP contribution >= 0.6 is 0 Å².